The van der Waals surface area contributed by atoms with Crippen molar-refractivity contribution in [3.63, 3.8) is 0 Å². The minimum atomic E-state index is -0.530. The second-order valence-corrected chi connectivity index (χ2v) is 6.43. The molecule has 0 atom stereocenters. The molecule has 0 N–H and O–H groups in total. The fourth-order valence-corrected chi connectivity index (χ4v) is 3.02. The standard InChI is InChI=1S/C21H21NO5/c1-14-5-3-6-15(11-14)13-27-21(25)16-7-8-17-18(12-16)20(24)22(19(17)23)9-4-10-26-2/h3,5-8,11-12H,4,9-10,13H2,1-2H3. The molecule has 0 bridgehead atoms. The molecule has 3 rings (SSSR count). The largest absolute Gasteiger partial charge is 0.457 e. The molecular weight excluding hydrogens is 346 g/mol. The predicted molar refractivity (Wildman–Crippen MR) is 98.6 cm³/mol. The quantitative estimate of drug-likeness (QED) is 0.427. The van der Waals surface area contributed by atoms with Crippen molar-refractivity contribution in [2.45, 2.75) is 20.0 Å². The van der Waals surface area contributed by atoms with Crippen molar-refractivity contribution in [2.24, 2.45) is 0 Å². The van der Waals surface area contributed by atoms with Crippen molar-refractivity contribution in [3.8, 4) is 0 Å². The summed E-state index contributed by atoms with van der Waals surface area (Å²) in [5, 5.41) is 0. The zero-order valence-electron chi connectivity index (χ0n) is 15.4. The molecule has 1 aliphatic heterocycles. The summed E-state index contributed by atoms with van der Waals surface area (Å²) in [7, 11) is 1.57. The molecule has 0 saturated carbocycles. The highest BCUT2D eigenvalue weighted by molar-refractivity contribution is 6.21. The zero-order chi connectivity index (χ0) is 19.4. The van der Waals surface area contributed by atoms with Crippen molar-refractivity contribution in [3.05, 3.63) is 70.3 Å². The van der Waals surface area contributed by atoms with Gasteiger partial charge in [-0.15, -0.1) is 0 Å². The lowest BCUT2D eigenvalue weighted by Gasteiger charge is -2.12. The van der Waals surface area contributed by atoms with Gasteiger partial charge in [0.25, 0.3) is 11.8 Å². The molecule has 1 aliphatic rings. The lowest BCUT2D eigenvalue weighted by Crippen LogP contribution is -2.31. The average Bonchev–Trinajstić information content (AvgIpc) is 2.90. The number of fused-ring (bicyclic) bond motifs is 1. The first-order valence-electron chi connectivity index (χ1n) is 8.73. The van der Waals surface area contributed by atoms with Crippen LogP contribution < -0.4 is 0 Å². The Kier molecular flexibility index (Phi) is 5.66. The van der Waals surface area contributed by atoms with Crippen molar-refractivity contribution in [1.29, 1.82) is 0 Å². The summed E-state index contributed by atoms with van der Waals surface area (Å²) < 4.78 is 10.3. The van der Waals surface area contributed by atoms with Crippen LogP contribution in [0.4, 0.5) is 0 Å². The highest BCUT2D eigenvalue weighted by atomic mass is 16.5. The van der Waals surface area contributed by atoms with Crippen molar-refractivity contribution in [1.82, 2.24) is 4.90 Å². The van der Waals surface area contributed by atoms with Crippen LogP contribution in [0.25, 0.3) is 0 Å². The molecule has 6 nitrogen and oxygen atoms in total. The molecule has 0 radical (unpaired) electrons. The Balaban J connectivity index is 1.70. The first-order valence-corrected chi connectivity index (χ1v) is 8.73. The van der Waals surface area contributed by atoms with Crippen LogP contribution in [-0.4, -0.2) is 42.9 Å². The fourth-order valence-electron chi connectivity index (χ4n) is 3.02. The molecule has 1 heterocycles. The third kappa shape index (κ3) is 4.06. The summed E-state index contributed by atoms with van der Waals surface area (Å²) in [5.41, 5.74) is 2.77. The number of aryl methyl sites for hydroxylation is 1. The fraction of sp³-hybridized carbons (Fsp3) is 0.286. The molecule has 2 aromatic rings. The van der Waals surface area contributed by atoms with Gasteiger partial charge >= 0.3 is 5.97 Å². The predicted octanol–water partition coefficient (Wildman–Crippen LogP) is 2.98. The SMILES string of the molecule is COCCCN1C(=O)c2ccc(C(=O)OCc3cccc(C)c3)cc2C1=O. The number of amides is 2. The van der Waals surface area contributed by atoms with E-state index in [2.05, 4.69) is 0 Å². The number of hydrogen-bond acceptors (Lipinski definition) is 5. The summed E-state index contributed by atoms with van der Waals surface area (Å²) in [5.74, 6) is -1.26. The third-order valence-electron chi connectivity index (χ3n) is 4.39. The van der Waals surface area contributed by atoms with Crippen LogP contribution in [0.3, 0.4) is 0 Å². The minimum Gasteiger partial charge on any atom is -0.457 e. The van der Waals surface area contributed by atoms with Crippen molar-refractivity contribution >= 4 is 17.8 Å². The topological polar surface area (TPSA) is 72.9 Å². The highest BCUT2D eigenvalue weighted by Crippen LogP contribution is 2.24. The minimum absolute atomic E-state index is 0.146. The molecule has 2 aromatic carbocycles. The summed E-state index contributed by atoms with van der Waals surface area (Å²) in [6.07, 6.45) is 0.563. The number of ether oxygens (including phenoxy) is 2. The molecule has 0 aliphatic carbocycles. The first kappa shape index (κ1) is 18.8. The van der Waals surface area contributed by atoms with E-state index < -0.39 is 5.97 Å². The van der Waals surface area contributed by atoms with Gasteiger partial charge in [0.1, 0.15) is 6.61 Å². The number of rotatable bonds is 7. The van der Waals surface area contributed by atoms with Crippen LogP contribution in [-0.2, 0) is 16.1 Å². The van der Waals surface area contributed by atoms with E-state index >= 15 is 0 Å². The van der Waals surface area contributed by atoms with E-state index in [0.29, 0.717) is 18.6 Å². The maximum Gasteiger partial charge on any atom is 0.338 e. The summed E-state index contributed by atoms with van der Waals surface area (Å²) in [6, 6.07) is 12.1. The molecule has 0 fully saturated rings. The molecule has 27 heavy (non-hydrogen) atoms. The van der Waals surface area contributed by atoms with Gasteiger partial charge in [0.05, 0.1) is 16.7 Å². The van der Waals surface area contributed by atoms with Gasteiger partial charge in [0.15, 0.2) is 0 Å². The molecule has 0 spiro atoms. The Morgan fingerprint density at radius 3 is 2.56 bits per heavy atom. The third-order valence-corrected chi connectivity index (χ3v) is 4.39. The van der Waals surface area contributed by atoms with Gasteiger partial charge in [0.2, 0.25) is 0 Å². The van der Waals surface area contributed by atoms with Gasteiger partial charge in [-0.3, -0.25) is 14.5 Å². The normalized spacial score (nSPS) is 13.0. The first-order chi connectivity index (χ1) is 13.0. The number of esters is 1. The Bertz CT molecular complexity index is 890. The molecule has 0 aromatic heterocycles. The van der Waals surface area contributed by atoms with Crippen molar-refractivity contribution in [2.75, 3.05) is 20.3 Å². The van der Waals surface area contributed by atoms with Crippen molar-refractivity contribution < 1.29 is 23.9 Å². The zero-order valence-corrected chi connectivity index (χ0v) is 15.4. The summed E-state index contributed by atoms with van der Waals surface area (Å²) in [4.78, 5) is 38.4. The number of carbonyl (C=O) groups excluding carboxylic acids is 3. The highest BCUT2D eigenvalue weighted by Gasteiger charge is 2.35. The number of hydrogen-bond donors (Lipinski definition) is 0. The molecule has 0 unspecified atom stereocenters. The van der Waals surface area contributed by atoms with Crippen LogP contribution in [0.15, 0.2) is 42.5 Å². The maximum absolute atomic E-state index is 12.5. The maximum atomic E-state index is 12.5. The second-order valence-electron chi connectivity index (χ2n) is 6.43. The van der Waals surface area contributed by atoms with E-state index in [4.69, 9.17) is 9.47 Å². The van der Waals surface area contributed by atoms with Crippen LogP contribution in [0.1, 0.15) is 48.6 Å². The van der Waals surface area contributed by atoms with E-state index in [1.54, 1.807) is 7.11 Å². The number of methoxy groups -OCH3 is 1. The monoisotopic (exact) mass is 367 g/mol. The van der Waals surface area contributed by atoms with E-state index in [1.807, 2.05) is 31.2 Å². The molecular formula is C21H21NO5. The molecule has 2 amide bonds. The average molecular weight is 367 g/mol. The van der Waals surface area contributed by atoms with Crippen LogP contribution in [0.2, 0.25) is 0 Å². The van der Waals surface area contributed by atoms with E-state index in [9.17, 15) is 14.4 Å². The number of nitrogens with zero attached hydrogens (tertiary/aromatic N) is 1. The lowest BCUT2D eigenvalue weighted by atomic mass is 10.1. The van der Waals surface area contributed by atoms with Crippen LogP contribution in [0, 0.1) is 6.92 Å². The molecule has 0 saturated heterocycles. The Morgan fingerprint density at radius 1 is 1.04 bits per heavy atom. The Hall–Kier alpha value is -2.99. The van der Waals surface area contributed by atoms with E-state index in [1.165, 1.54) is 23.1 Å². The lowest BCUT2D eigenvalue weighted by molar-refractivity contribution is 0.0472. The summed E-state index contributed by atoms with van der Waals surface area (Å²) >= 11 is 0. The van der Waals surface area contributed by atoms with E-state index in [-0.39, 0.29) is 36.1 Å². The van der Waals surface area contributed by atoms with Gasteiger partial charge < -0.3 is 9.47 Å². The Morgan fingerprint density at radius 2 is 1.81 bits per heavy atom. The smallest absolute Gasteiger partial charge is 0.338 e. The second kappa shape index (κ2) is 8.14. The molecule has 6 heteroatoms. The Labute approximate surface area is 157 Å². The summed E-state index contributed by atoms with van der Waals surface area (Å²) in [6.45, 7) is 2.86. The number of carbonyl (C=O) groups is 3. The number of benzene rings is 2. The van der Waals surface area contributed by atoms with Gasteiger partial charge in [-0.2, -0.15) is 0 Å². The molecule has 140 valence electrons. The number of imide groups is 1. The van der Waals surface area contributed by atoms with Gasteiger partial charge in [0, 0.05) is 20.3 Å². The van der Waals surface area contributed by atoms with Gasteiger partial charge in [-0.1, -0.05) is 29.8 Å². The van der Waals surface area contributed by atoms with E-state index in [0.717, 1.165) is 11.1 Å². The van der Waals surface area contributed by atoms with Crippen LogP contribution in [0.5, 0.6) is 0 Å². The van der Waals surface area contributed by atoms with Crippen LogP contribution >= 0.6 is 0 Å². The van der Waals surface area contributed by atoms with Gasteiger partial charge in [-0.05, 0) is 37.1 Å². The van der Waals surface area contributed by atoms with Gasteiger partial charge in [-0.25, -0.2) is 4.79 Å².